The summed E-state index contributed by atoms with van der Waals surface area (Å²) in [5.74, 6) is 1.47. The van der Waals surface area contributed by atoms with Crippen LogP contribution < -0.4 is 9.47 Å². The zero-order chi connectivity index (χ0) is 10.7. The fourth-order valence-electron chi connectivity index (χ4n) is 1.50. The molecule has 0 unspecified atom stereocenters. The van der Waals surface area contributed by atoms with Crippen molar-refractivity contribution in [2.75, 3.05) is 13.2 Å². The van der Waals surface area contributed by atoms with Crippen LogP contribution in [0.5, 0.6) is 11.5 Å². The fraction of sp³-hybridized carbons (Fsp3) is 0.417. The van der Waals surface area contributed by atoms with Crippen LogP contribution in [-0.2, 0) is 0 Å². The average molecular weight is 206 g/mol. The first-order valence-corrected chi connectivity index (χ1v) is 5.24. The molecule has 0 radical (unpaired) electrons. The lowest BCUT2D eigenvalue weighted by Gasteiger charge is -2.06. The molecule has 80 valence electrons. The lowest BCUT2D eigenvalue weighted by molar-refractivity contribution is 0.0961. The molecule has 0 spiro atoms. The maximum atomic E-state index is 11.3. The van der Waals surface area contributed by atoms with Crippen molar-refractivity contribution in [3.05, 3.63) is 23.8 Å². The Balaban J connectivity index is 2.06. The van der Waals surface area contributed by atoms with Crippen molar-refractivity contribution in [3.63, 3.8) is 0 Å². The van der Waals surface area contributed by atoms with Gasteiger partial charge in [0.25, 0.3) is 0 Å². The van der Waals surface area contributed by atoms with E-state index in [9.17, 15) is 4.79 Å². The van der Waals surface area contributed by atoms with Gasteiger partial charge in [0.1, 0.15) is 11.5 Å². The van der Waals surface area contributed by atoms with Gasteiger partial charge in [-0.25, -0.2) is 0 Å². The highest BCUT2D eigenvalue weighted by atomic mass is 16.5. The van der Waals surface area contributed by atoms with E-state index in [1.165, 1.54) is 0 Å². The summed E-state index contributed by atoms with van der Waals surface area (Å²) in [5.41, 5.74) is 0.665. The van der Waals surface area contributed by atoms with Gasteiger partial charge in [-0.3, -0.25) is 4.79 Å². The molecule has 3 heteroatoms. The summed E-state index contributed by atoms with van der Waals surface area (Å²) in [6.07, 6.45) is 2.15. The van der Waals surface area contributed by atoms with Crippen LogP contribution in [-0.4, -0.2) is 19.0 Å². The monoisotopic (exact) mass is 206 g/mol. The number of rotatable bonds is 4. The largest absolute Gasteiger partial charge is 0.493 e. The summed E-state index contributed by atoms with van der Waals surface area (Å²) in [4.78, 5) is 11.3. The predicted molar refractivity (Wildman–Crippen MR) is 56.7 cm³/mol. The molecular formula is C12H14O3. The lowest BCUT2D eigenvalue weighted by Crippen LogP contribution is -1.98. The van der Waals surface area contributed by atoms with Crippen LogP contribution in [0.2, 0.25) is 0 Å². The second kappa shape index (κ2) is 4.34. The van der Waals surface area contributed by atoms with Gasteiger partial charge in [0.2, 0.25) is 5.78 Å². The SMILES string of the molecule is CCCCOc1ccc2c(c1)OCC2=O. The minimum absolute atomic E-state index is 0.0464. The first kappa shape index (κ1) is 10.0. The van der Waals surface area contributed by atoms with Gasteiger partial charge in [0.05, 0.1) is 12.2 Å². The molecule has 0 saturated carbocycles. The normalized spacial score (nSPS) is 13.5. The molecular weight excluding hydrogens is 192 g/mol. The number of ketones is 1. The summed E-state index contributed by atoms with van der Waals surface area (Å²) in [5, 5.41) is 0. The van der Waals surface area contributed by atoms with E-state index >= 15 is 0 Å². The molecule has 0 fully saturated rings. The number of fused-ring (bicyclic) bond motifs is 1. The van der Waals surface area contributed by atoms with E-state index in [1.54, 1.807) is 12.1 Å². The van der Waals surface area contributed by atoms with Crippen LogP contribution >= 0.6 is 0 Å². The van der Waals surface area contributed by atoms with E-state index in [4.69, 9.17) is 9.47 Å². The molecule has 0 aromatic heterocycles. The number of carbonyl (C=O) groups excluding carboxylic acids is 1. The minimum Gasteiger partial charge on any atom is -0.493 e. The Morgan fingerprint density at radius 2 is 2.33 bits per heavy atom. The Morgan fingerprint density at radius 3 is 3.13 bits per heavy atom. The molecule has 0 aliphatic carbocycles. The van der Waals surface area contributed by atoms with Crippen LogP contribution in [0.1, 0.15) is 30.1 Å². The topological polar surface area (TPSA) is 35.5 Å². The number of ether oxygens (including phenoxy) is 2. The molecule has 0 N–H and O–H groups in total. The molecule has 1 heterocycles. The molecule has 0 saturated heterocycles. The Labute approximate surface area is 89.0 Å². The highest BCUT2D eigenvalue weighted by Crippen LogP contribution is 2.29. The second-order valence-corrected chi connectivity index (χ2v) is 3.57. The van der Waals surface area contributed by atoms with Crippen molar-refractivity contribution in [3.8, 4) is 11.5 Å². The smallest absolute Gasteiger partial charge is 0.203 e. The molecule has 0 bridgehead atoms. The summed E-state index contributed by atoms with van der Waals surface area (Å²) < 4.78 is 10.7. The maximum Gasteiger partial charge on any atom is 0.203 e. The van der Waals surface area contributed by atoms with Crippen molar-refractivity contribution in [2.24, 2.45) is 0 Å². The van der Waals surface area contributed by atoms with E-state index in [2.05, 4.69) is 6.92 Å². The average Bonchev–Trinajstić information content (AvgIpc) is 2.61. The summed E-state index contributed by atoms with van der Waals surface area (Å²) in [6, 6.07) is 5.38. The van der Waals surface area contributed by atoms with Crippen LogP contribution in [0.4, 0.5) is 0 Å². The van der Waals surface area contributed by atoms with Gasteiger partial charge in [-0.2, -0.15) is 0 Å². The first-order chi connectivity index (χ1) is 7.31. The molecule has 2 rings (SSSR count). The van der Waals surface area contributed by atoms with Gasteiger partial charge >= 0.3 is 0 Å². The third-order valence-corrected chi connectivity index (χ3v) is 2.38. The Morgan fingerprint density at radius 1 is 1.47 bits per heavy atom. The number of hydrogen-bond acceptors (Lipinski definition) is 3. The maximum absolute atomic E-state index is 11.3. The highest BCUT2D eigenvalue weighted by molar-refractivity contribution is 6.02. The van der Waals surface area contributed by atoms with Gasteiger partial charge in [0, 0.05) is 6.07 Å². The molecule has 3 nitrogen and oxygen atoms in total. The van der Waals surface area contributed by atoms with E-state index in [0.717, 1.165) is 18.6 Å². The number of carbonyl (C=O) groups is 1. The standard InChI is InChI=1S/C12H14O3/c1-2-3-6-14-9-4-5-10-11(13)8-15-12(10)7-9/h4-5,7H,2-3,6,8H2,1H3. The fourth-order valence-corrected chi connectivity index (χ4v) is 1.50. The molecule has 1 aromatic carbocycles. The van der Waals surface area contributed by atoms with Crippen molar-refractivity contribution in [1.82, 2.24) is 0 Å². The summed E-state index contributed by atoms with van der Waals surface area (Å²) in [6.45, 7) is 2.99. The molecule has 0 amide bonds. The molecule has 1 aliphatic heterocycles. The Bertz CT molecular complexity index is 371. The number of hydrogen-bond donors (Lipinski definition) is 0. The number of unbranched alkanes of at least 4 members (excludes halogenated alkanes) is 1. The molecule has 1 aliphatic rings. The van der Waals surface area contributed by atoms with E-state index in [1.807, 2.05) is 6.07 Å². The Kier molecular flexibility index (Phi) is 2.90. The zero-order valence-corrected chi connectivity index (χ0v) is 8.79. The molecule has 15 heavy (non-hydrogen) atoms. The van der Waals surface area contributed by atoms with Crippen molar-refractivity contribution in [1.29, 1.82) is 0 Å². The number of Topliss-reactive ketones (excluding diaryl/α,β-unsaturated/α-hetero) is 1. The van der Waals surface area contributed by atoms with Crippen molar-refractivity contribution in [2.45, 2.75) is 19.8 Å². The van der Waals surface area contributed by atoms with E-state index in [-0.39, 0.29) is 12.4 Å². The van der Waals surface area contributed by atoms with Gasteiger partial charge in [0.15, 0.2) is 6.61 Å². The molecule has 1 aromatic rings. The Hall–Kier alpha value is -1.51. The van der Waals surface area contributed by atoms with Crippen molar-refractivity contribution >= 4 is 5.78 Å². The third-order valence-electron chi connectivity index (χ3n) is 2.38. The molecule has 0 atom stereocenters. The minimum atomic E-state index is 0.0464. The highest BCUT2D eigenvalue weighted by Gasteiger charge is 2.21. The summed E-state index contributed by atoms with van der Waals surface area (Å²) in [7, 11) is 0. The van der Waals surface area contributed by atoms with E-state index < -0.39 is 0 Å². The van der Waals surface area contributed by atoms with Gasteiger partial charge in [-0.05, 0) is 18.6 Å². The summed E-state index contributed by atoms with van der Waals surface area (Å²) >= 11 is 0. The quantitative estimate of drug-likeness (QED) is 0.710. The zero-order valence-electron chi connectivity index (χ0n) is 8.79. The van der Waals surface area contributed by atoms with Gasteiger partial charge in [-0.1, -0.05) is 13.3 Å². The van der Waals surface area contributed by atoms with Crippen LogP contribution in [0.25, 0.3) is 0 Å². The lowest BCUT2D eigenvalue weighted by atomic mass is 10.1. The second-order valence-electron chi connectivity index (χ2n) is 3.57. The number of benzene rings is 1. The van der Waals surface area contributed by atoms with Gasteiger partial charge < -0.3 is 9.47 Å². The van der Waals surface area contributed by atoms with Crippen LogP contribution in [0.3, 0.4) is 0 Å². The van der Waals surface area contributed by atoms with Crippen LogP contribution in [0, 0.1) is 0 Å². The third kappa shape index (κ3) is 2.12. The van der Waals surface area contributed by atoms with Gasteiger partial charge in [-0.15, -0.1) is 0 Å². The first-order valence-electron chi connectivity index (χ1n) is 5.24. The van der Waals surface area contributed by atoms with Crippen LogP contribution in [0.15, 0.2) is 18.2 Å². The van der Waals surface area contributed by atoms with Crippen molar-refractivity contribution < 1.29 is 14.3 Å². The predicted octanol–water partition coefficient (Wildman–Crippen LogP) is 2.44. The van der Waals surface area contributed by atoms with E-state index in [0.29, 0.717) is 17.9 Å².